The third-order valence-corrected chi connectivity index (χ3v) is 4.24. The Morgan fingerprint density at radius 3 is 2.73 bits per heavy atom. The molecular formula is C18H14N3O4S-. The number of thiocarbonyl (C=S) groups is 1. The smallest absolute Gasteiger partial charge is 0.265 e. The zero-order valence-corrected chi connectivity index (χ0v) is 14.4. The highest BCUT2D eigenvalue weighted by Crippen LogP contribution is 2.25. The van der Waals surface area contributed by atoms with Crippen molar-refractivity contribution in [1.82, 2.24) is 14.8 Å². The first-order valence-corrected chi connectivity index (χ1v) is 8.10. The molecule has 132 valence electrons. The number of rotatable bonds is 5. The van der Waals surface area contributed by atoms with Crippen LogP contribution in [0.3, 0.4) is 0 Å². The number of carboxylic acids is 1. The first kappa shape index (κ1) is 17.6. The van der Waals surface area contributed by atoms with Crippen molar-refractivity contribution >= 4 is 52.1 Å². The van der Waals surface area contributed by atoms with E-state index in [9.17, 15) is 19.5 Å². The third kappa shape index (κ3) is 3.14. The number of hydrogen-bond acceptors (Lipinski definition) is 5. The molecule has 1 aromatic heterocycles. The first-order valence-electron chi connectivity index (χ1n) is 7.70. The van der Waals surface area contributed by atoms with E-state index < -0.39 is 17.8 Å². The number of carbonyl (C=O) groups is 3. The van der Waals surface area contributed by atoms with Gasteiger partial charge in [-0.05, 0) is 24.4 Å². The van der Waals surface area contributed by atoms with Gasteiger partial charge in [0.2, 0.25) is 0 Å². The zero-order valence-electron chi connectivity index (χ0n) is 13.6. The van der Waals surface area contributed by atoms with E-state index in [2.05, 4.69) is 11.9 Å². The summed E-state index contributed by atoms with van der Waals surface area (Å²) in [5, 5.41) is 14.2. The largest absolute Gasteiger partial charge is 0.548 e. The molecule has 1 aromatic carbocycles. The molecule has 0 saturated carbocycles. The molecule has 3 rings (SSSR count). The second-order valence-electron chi connectivity index (χ2n) is 5.62. The lowest BCUT2D eigenvalue weighted by molar-refractivity contribution is -0.306. The molecule has 7 nitrogen and oxygen atoms in total. The maximum atomic E-state index is 12.6. The van der Waals surface area contributed by atoms with Crippen molar-refractivity contribution in [3.05, 3.63) is 54.3 Å². The van der Waals surface area contributed by atoms with Crippen LogP contribution in [0.4, 0.5) is 0 Å². The van der Waals surface area contributed by atoms with Gasteiger partial charge in [0, 0.05) is 29.2 Å². The molecule has 2 aromatic rings. The Hall–Kier alpha value is -3.26. The van der Waals surface area contributed by atoms with Gasteiger partial charge in [0.1, 0.15) is 5.57 Å². The molecule has 1 fully saturated rings. The van der Waals surface area contributed by atoms with Crippen molar-refractivity contribution in [1.29, 1.82) is 0 Å². The topological polar surface area (TPSA) is 94.5 Å². The standard InChI is InChI=1S/C18H15N3O4S/c1-2-7-21-17(25)13(16(24)19-18(21)26)8-11-9-20(10-15(22)23)14-6-4-3-5-12(11)14/h2-6,8-9H,1,7,10H2,(H,22,23)(H,19,24,26)/p-1/b13-8+. The molecule has 1 N–H and O–H groups in total. The molecule has 1 aliphatic heterocycles. The maximum Gasteiger partial charge on any atom is 0.265 e. The number of nitrogens with one attached hydrogen (secondary N) is 1. The van der Waals surface area contributed by atoms with E-state index >= 15 is 0 Å². The average molecular weight is 368 g/mol. The monoisotopic (exact) mass is 368 g/mol. The number of aromatic nitrogens is 1. The van der Waals surface area contributed by atoms with Gasteiger partial charge in [-0.3, -0.25) is 19.8 Å². The summed E-state index contributed by atoms with van der Waals surface area (Å²) in [4.78, 5) is 37.1. The molecule has 1 saturated heterocycles. The summed E-state index contributed by atoms with van der Waals surface area (Å²) in [6.45, 7) is 3.40. The van der Waals surface area contributed by atoms with Crippen LogP contribution >= 0.6 is 12.2 Å². The van der Waals surface area contributed by atoms with Gasteiger partial charge in [-0.2, -0.15) is 0 Å². The average Bonchev–Trinajstić information content (AvgIpc) is 2.92. The van der Waals surface area contributed by atoms with Crippen molar-refractivity contribution in [3.63, 3.8) is 0 Å². The summed E-state index contributed by atoms with van der Waals surface area (Å²) in [5.41, 5.74) is 1.12. The minimum Gasteiger partial charge on any atom is -0.548 e. The van der Waals surface area contributed by atoms with Crippen LogP contribution in [-0.2, 0) is 20.9 Å². The molecule has 2 amide bonds. The molecule has 8 heteroatoms. The van der Waals surface area contributed by atoms with Crippen LogP contribution in [0.1, 0.15) is 5.56 Å². The minimum atomic E-state index is -1.24. The van der Waals surface area contributed by atoms with Crippen LogP contribution in [0.25, 0.3) is 17.0 Å². The summed E-state index contributed by atoms with van der Waals surface area (Å²) >= 11 is 5.01. The fourth-order valence-corrected chi connectivity index (χ4v) is 3.05. The Balaban J connectivity index is 2.10. The van der Waals surface area contributed by atoms with Crippen LogP contribution in [0.2, 0.25) is 0 Å². The lowest BCUT2D eigenvalue weighted by Crippen LogP contribution is -2.53. The predicted molar refractivity (Wildman–Crippen MR) is 97.6 cm³/mol. The van der Waals surface area contributed by atoms with E-state index in [4.69, 9.17) is 12.2 Å². The molecule has 0 spiro atoms. The van der Waals surface area contributed by atoms with Crippen molar-refractivity contribution in [2.75, 3.05) is 6.54 Å². The number of carboxylic acid groups (broad SMARTS) is 1. The van der Waals surface area contributed by atoms with Gasteiger partial charge in [0.05, 0.1) is 12.5 Å². The number of para-hydroxylation sites is 1. The molecule has 0 bridgehead atoms. The molecule has 0 radical (unpaired) electrons. The Labute approximate surface area is 154 Å². The van der Waals surface area contributed by atoms with Crippen molar-refractivity contribution < 1.29 is 19.5 Å². The van der Waals surface area contributed by atoms with E-state index in [1.807, 2.05) is 0 Å². The third-order valence-electron chi connectivity index (χ3n) is 3.92. The molecular weight excluding hydrogens is 354 g/mol. The predicted octanol–water partition coefficient (Wildman–Crippen LogP) is 0.204. The van der Waals surface area contributed by atoms with Crippen LogP contribution in [0.15, 0.2) is 48.7 Å². The summed E-state index contributed by atoms with van der Waals surface area (Å²) in [6.07, 6.45) is 4.51. The zero-order chi connectivity index (χ0) is 18.8. The Morgan fingerprint density at radius 1 is 1.31 bits per heavy atom. The summed E-state index contributed by atoms with van der Waals surface area (Å²) in [6, 6.07) is 7.09. The number of benzene rings is 1. The second kappa shape index (κ2) is 6.93. The van der Waals surface area contributed by atoms with E-state index in [0.717, 1.165) is 0 Å². The van der Waals surface area contributed by atoms with Gasteiger partial charge in [-0.25, -0.2) is 0 Å². The molecule has 0 unspecified atom stereocenters. The quantitative estimate of drug-likeness (QED) is 0.352. The van der Waals surface area contributed by atoms with Crippen molar-refractivity contribution in [2.24, 2.45) is 0 Å². The molecule has 26 heavy (non-hydrogen) atoms. The molecule has 0 atom stereocenters. The number of fused-ring (bicyclic) bond motifs is 1. The van der Waals surface area contributed by atoms with Crippen LogP contribution < -0.4 is 10.4 Å². The summed E-state index contributed by atoms with van der Waals surface area (Å²) in [5.74, 6) is -2.37. The first-order chi connectivity index (χ1) is 12.4. The van der Waals surface area contributed by atoms with E-state index in [1.54, 1.807) is 30.5 Å². The highest BCUT2D eigenvalue weighted by Gasteiger charge is 2.32. The van der Waals surface area contributed by atoms with Crippen molar-refractivity contribution in [2.45, 2.75) is 6.54 Å². The van der Waals surface area contributed by atoms with Gasteiger partial charge >= 0.3 is 0 Å². The number of hydrogen-bond donors (Lipinski definition) is 1. The normalized spacial score (nSPS) is 16.2. The highest BCUT2D eigenvalue weighted by molar-refractivity contribution is 7.80. The molecule has 1 aliphatic rings. The Morgan fingerprint density at radius 2 is 2.04 bits per heavy atom. The van der Waals surface area contributed by atoms with Gasteiger partial charge < -0.3 is 14.5 Å². The van der Waals surface area contributed by atoms with E-state index in [1.165, 1.54) is 21.6 Å². The Kier molecular flexibility index (Phi) is 4.68. The number of aliphatic carboxylic acids is 1. The van der Waals surface area contributed by atoms with Gasteiger partial charge in [-0.1, -0.05) is 24.3 Å². The number of carbonyl (C=O) groups excluding carboxylic acids is 3. The second-order valence-corrected chi connectivity index (χ2v) is 6.01. The summed E-state index contributed by atoms with van der Waals surface area (Å²) in [7, 11) is 0. The van der Waals surface area contributed by atoms with Crippen LogP contribution in [0.5, 0.6) is 0 Å². The van der Waals surface area contributed by atoms with E-state index in [-0.39, 0.29) is 23.8 Å². The number of nitrogens with zero attached hydrogens (tertiary/aromatic N) is 2. The fourth-order valence-electron chi connectivity index (χ4n) is 2.80. The number of amides is 2. The fraction of sp³-hybridized carbons (Fsp3) is 0.111. The van der Waals surface area contributed by atoms with Gasteiger partial charge in [0.15, 0.2) is 5.11 Å². The van der Waals surface area contributed by atoms with Crippen LogP contribution in [-0.4, -0.2) is 38.9 Å². The molecule has 2 heterocycles. The lowest BCUT2D eigenvalue weighted by atomic mass is 10.1. The molecule has 0 aliphatic carbocycles. The van der Waals surface area contributed by atoms with Gasteiger partial charge in [-0.15, -0.1) is 6.58 Å². The van der Waals surface area contributed by atoms with E-state index in [0.29, 0.717) is 16.5 Å². The minimum absolute atomic E-state index is 0.0245. The maximum absolute atomic E-state index is 12.6. The van der Waals surface area contributed by atoms with Crippen molar-refractivity contribution in [3.8, 4) is 0 Å². The summed E-state index contributed by atoms with van der Waals surface area (Å²) < 4.78 is 1.49. The highest BCUT2D eigenvalue weighted by atomic mass is 32.1. The Bertz CT molecular complexity index is 989. The van der Waals surface area contributed by atoms with Gasteiger partial charge in [0.25, 0.3) is 11.8 Å². The SMILES string of the molecule is C=CCN1C(=O)/C(=C/c2cn(CC(=O)[O-])c3ccccc23)C(=O)NC1=S. The lowest BCUT2D eigenvalue weighted by Gasteiger charge is -2.27. The van der Waals surface area contributed by atoms with Crippen LogP contribution in [0, 0.1) is 0 Å².